The van der Waals surface area contributed by atoms with E-state index in [1.165, 1.54) is 23.9 Å². The van der Waals surface area contributed by atoms with Crippen LogP contribution in [0.2, 0.25) is 5.02 Å². The molecule has 0 aliphatic rings. The molecule has 0 unspecified atom stereocenters. The fourth-order valence-electron chi connectivity index (χ4n) is 2.23. The van der Waals surface area contributed by atoms with E-state index in [0.717, 1.165) is 9.37 Å². The molecule has 0 atom stereocenters. The minimum atomic E-state index is -0.497. The van der Waals surface area contributed by atoms with Crippen LogP contribution in [0.1, 0.15) is 11.3 Å². The number of nitro groups is 1. The van der Waals surface area contributed by atoms with Crippen molar-refractivity contribution >= 4 is 56.6 Å². The lowest BCUT2D eigenvalue weighted by Gasteiger charge is -2.00. The van der Waals surface area contributed by atoms with E-state index in [0.29, 0.717) is 21.4 Å². The second-order valence-corrected chi connectivity index (χ2v) is 7.65. The molecule has 0 spiro atoms. The molecule has 0 amide bonds. The maximum atomic E-state index is 10.9. The highest BCUT2D eigenvalue weighted by atomic mass is 79.9. The summed E-state index contributed by atoms with van der Waals surface area (Å²) in [4.78, 5) is 11.4. The van der Waals surface area contributed by atoms with E-state index < -0.39 is 4.92 Å². The molecular formula is C19H10BrClN2O3S. The summed E-state index contributed by atoms with van der Waals surface area (Å²) in [5, 5.41) is 21.7. The predicted octanol–water partition coefficient (Wildman–Crippen LogP) is 6.82. The molecule has 0 radical (unpaired) electrons. The summed E-state index contributed by atoms with van der Waals surface area (Å²) in [6.45, 7) is 0. The summed E-state index contributed by atoms with van der Waals surface area (Å²) in [6, 6.07) is 17.1. The molecule has 0 aliphatic carbocycles. The highest BCUT2D eigenvalue weighted by Crippen LogP contribution is 2.37. The number of furan rings is 1. The summed E-state index contributed by atoms with van der Waals surface area (Å²) in [5.74, 6) is 0.460. The van der Waals surface area contributed by atoms with Crippen LogP contribution in [0.5, 0.6) is 0 Å². The van der Waals surface area contributed by atoms with Crippen LogP contribution in [0.4, 0.5) is 5.69 Å². The molecule has 2 aromatic carbocycles. The van der Waals surface area contributed by atoms with E-state index in [-0.39, 0.29) is 11.3 Å². The van der Waals surface area contributed by atoms with Gasteiger partial charge >= 0.3 is 0 Å². The van der Waals surface area contributed by atoms with Gasteiger partial charge in [0.15, 0.2) is 5.09 Å². The zero-order valence-corrected chi connectivity index (χ0v) is 16.7. The third-order valence-electron chi connectivity index (χ3n) is 3.47. The summed E-state index contributed by atoms with van der Waals surface area (Å²) >= 11 is 10.7. The van der Waals surface area contributed by atoms with Gasteiger partial charge in [-0.05, 0) is 57.9 Å². The van der Waals surface area contributed by atoms with Crippen LogP contribution in [0.25, 0.3) is 11.6 Å². The van der Waals surface area contributed by atoms with Gasteiger partial charge in [0, 0.05) is 22.1 Å². The highest BCUT2D eigenvalue weighted by molar-refractivity contribution is 9.10. The van der Waals surface area contributed by atoms with E-state index in [1.807, 2.05) is 12.1 Å². The number of nitro benzene ring substituents is 1. The zero-order valence-electron chi connectivity index (χ0n) is 13.6. The van der Waals surface area contributed by atoms with Gasteiger partial charge in [0.25, 0.3) is 5.69 Å². The molecule has 0 bridgehead atoms. The average molecular weight is 462 g/mol. The first-order valence-electron chi connectivity index (χ1n) is 7.55. The molecule has 8 heteroatoms. The van der Waals surface area contributed by atoms with E-state index in [2.05, 4.69) is 22.0 Å². The molecular weight excluding hydrogens is 452 g/mol. The van der Waals surface area contributed by atoms with Gasteiger partial charge in [-0.3, -0.25) is 10.1 Å². The van der Waals surface area contributed by atoms with Gasteiger partial charge in [0.1, 0.15) is 5.76 Å². The summed E-state index contributed by atoms with van der Waals surface area (Å²) in [6.07, 6.45) is 1.55. The SMILES string of the molecule is N#C/C(=C/c1cc(Br)c(Sc2ccc(Cl)cc2)o1)c1cccc([N+](=O)[O-])c1. The molecule has 3 rings (SSSR count). The van der Waals surface area contributed by atoms with Gasteiger partial charge in [-0.2, -0.15) is 5.26 Å². The Bertz CT molecular complexity index is 1070. The van der Waals surface area contributed by atoms with Gasteiger partial charge in [-0.25, -0.2) is 0 Å². The molecule has 3 aromatic rings. The molecule has 0 aliphatic heterocycles. The fraction of sp³-hybridized carbons (Fsp3) is 0. The van der Waals surface area contributed by atoms with Crippen molar-refractivity contribution in [3.05, 3.63) is 85.5 Å². The van der Waals surface area contributed by atoms with Crippen molar-refractivity contribution in [1.29, 1.82) is 5.26 Å². The van der Waals surface area contributed by atoms with Crippen LogP contribution in [0, 0.1) is 21.4 Å². The lowest BCUT2D eigenvalue weighted by molar-refractivity contribution is -0.384. The van der Waals surface area contributed by atoms with Crippen molar-refractivity contribution in [2.24, 2.45) is 0 Å². The van der Waals surface area contributed by atoms with E-state index in [4.69, 9.17) is 16.0 Å². The number of hydrogen-bond donors (Lipinski definition) is 0. The molecule has 1 heterocycles. The topological polar surface area (TPSA) is 80.1 Å². The van der Waals surface area contributed by atoms with Gasteiger partial charge in [0.2, 0.25) is 0 Å². The van der Waals surface area contributed by atoms with Gasteiger partial charge in [0.05, 0.1) is 21.0 Å². The maximum absolute atomic E-state index is 10.9. The van der Waals surface area contributed by atoms with Gasteiger partial charge in [-0.15, -0.1) is 0 Å². The minimum absolute atomic E-state index is 0.0757. The van der Waals surface area contributed by atoms with E-state index in [9.17, 15) is 15.4 Å². The Hall–Kier alpha value is -2.53. The first-order valence-corrected chi connectivity index (χ1v) is 9.54. The van der Waals surface area contributed by atoms with Crippen molar-refractivity contribution in [1.82, 2.24) is 0 Å². The summed E-state index contributed by atoms with van der Waals surface area (Å²) in [5.41, 5.74) is 0.641. The molecule has 5 nitrogen and oxygen atoms in total. The Balaban J connectivity index is 1.89. The Kier molecular flexibility index (Phi) is 6.01. The molecule has 27 heavy (non-hydrogen) atoms. The maximum Gasteiger partial charge on any atom is 0.270 e. The largest absolute Gasteiger partial charge is 0.449 e. The van der Waals surface area contributed by atoms with Crippen LogP contribution in [0.3, 0.4) is 0 Å². The monoisotopic (exact) mass is 460 g/mol. The number of nitrogens with zero attached hydrogens (tertiary/aromatic N) is 2. The lowest BCUT2D eigenvalue weighted by atomic mass is 10.1. The Morgan fingerprint density at radius 1 is 1.26 bits per heavy atom. The molecule has 1 aromatic heterocycles. The summed E-state index contributed by atoms with van der Waals surface area (Å²) < 4.78 is 6.54. The normalized spacial score (nSPS) is 11.2. The Labute approximate surface area is 172 Å². The standard InChI is InChI=1S/C19H10BrClN2O3S/c20-18-10-16(26-19(18)27-17-6-4-14(21)5-7-17)9-13(11-22)12-2-1-3-15(8-12)23(24)25/h1-10H/b13-9-. The molecule has 0 saturated carbocycles. The van der Waals surface area contributed by atoms with Gasteiger partial charge < -0.3 is 4.42 Å². The van der Waals surface area contributed by atoms with Crippen molar-refractivity contribution in [3.63, 3.8) is 0 Å². The van der Waals surface area contributed by atoms with Crippen molar-refractivity contribution in [2.75, 3.05) is 0 Å². The van der Waals surface area contributed by atoms with Crippen LogP contribution in [0.15, 0.2) is 73.5 Å². The molecule has 0 saturated heterocycles. The molecule has 0 N–H and O–H groups in total. The third kappa shape index (κ3) is 4.80. The molecule has 0 fully saturated rings. The third-order valence-corrected chi connectivity index (χ3v) is 5.57. The number of non-ortho nitro benzene ring substituents is 1. The summed E-state index contributed by atoms with van der Waals surface area (Å²) in [7, 11) is 0. The highest BCUT2D eigenvalue weighted by Gasteiger charge is 2.13. The van der Waals surface area contributed by atoms with Crippen LogP contribution in [-0.4, -0.2) is 4.92 Å². The number of rotatable bonds is 5. The zero-order chi connectivity index (χ0) is 19.4. The number of nitriles is 1. The Morgan fingerprint density at radius 2 is 2.00 bits per heavy atom. The predicted molar refractivity (Wildman–Crippen MR) is 109 cm³/mol. The number of allylic oxidation sites excluding steroid dienone is 1. The number of benzene rings is 2. The molecule has 134 valence electrons. The van der Waals surface area contributed by atoms with Crippen LogP contribution in [-0.2, 0) is 0 Å². The first-order chi connectivity index (χ1) is 13.0. The van der Waals surface area contributed by atoms with E-state index >= 15 is 0 Å². The smallest absolute Gasteiger partial charge is 0.270 e. The van der Waals surface area contributed by atoms with Gasteiger partial charge in [-0.1, -0.05) is 35.5 Å². The number of halogens is 2. The van der Waals surface area contributed by atoms with Crippen molar-refractivity contribution in [2.45, 2.75) is 9.99 Å². The lowest BCUT2D eigenvalue weighted by Crippen LogP contribution is -1.89. The second-order valence-electron chi connectivity index (χ2n) is 5.32. The number of hydrogen-bond acceptors (Lipinski definition) is 5. The quantitative estimate of drug-likeness (QED) is 0.236. The van der Waals surface area contributed by atoms with Crippen molar-refractivity contribution in [3.8, 4) is 6.07 Å². The second kappa shape index (κ2) is 8.44. The average Bonchev–Trinajstić information content (AvgIpc) is 3.00. The van der Waals surface area contributed by atoms with Crippen LogP contribution >= 0.6 is 39.3 Å². The fourth-order valence-corrected chi connectivity index (χ4v) is 3.68. The Morgan fingerprint density at radius 3 is 2.67 bits per heavy atom. The van der Waals surface area contributed by atoms with Crippen LogP contribution < -0.4 is 0 Å². The first kappa shape index (κ1) is 19.2. The van der Waals surface area contributed by atoms with E-state index in [1.54, 1.807) is 36.4 Å². The minimum Gasteiger partial charge on any atom is -0.449 e. The van der Waals surface area contributed by atoms with Crippen molar-refractivity contribution < 1.29 is 9.34 Å².